The normalized spacial score (nSPS) is 12.5. The van der Waals surface area contributed by atoms with Crippen LogP contribution in [0, 0.1) is 12.8 Å². The molecule has 0 aliphatic rings. The largest absolute Gasteiger partial charge is 0.478 e. The molecule has 2 aromatic heterocycles. The van der Waals surface area contributed by atoms with E-state index in [1.165, 1.54) is 0 Å². The minimum atomic E-state index is -0.905. The van der Waals surface area contributed by atoms with E-state index >= 15 is 0 Å². The van der Waals surface area contributed by atoms with E-state index in [0.29, 0.717) is 5.56 Å². The molecule has 0 spiro atoms. The van der Waals surface area contributed by atoms with Gasteiger partial charge in [0, 0.05) is 19.2 Å². The van der Waals surface area contributed by atoms with Crippen molar-refractivity contribution in [3.8, 4) is 0 Å². The first-order valence-electron chi connectivity index (χ1n) is 10.5. The van der Waals surface area contributed by atoms with Crippen molar-refractivity contribution in [3.63, 3.8) is 0 Å². The molecular weight excluding hydrogens is 374 g/mol. The zero-order valence-electron chi connectivity index (χ0n) is 17.7. The minimum absolute atomic E-state index is 0.277. The smallest absolute Gasteiger partial charge is 0.336 e. The lowest BCUT2D eigenvalue weighted by atomic mass is 10.0. The Morgan fingerprint density at radius 2 is 2.10 bits per heavy atom. The summed E-state index contributed by atoms with van der Waals surface area (Å²) in [6.45, 7) is 9.06. The third kappa shape index (κ3) is 4.85. The summed E-state index contributed by atoms with van der Waals surface area (Å²) in [6, 6.07) is 9.05. The van der Waals surface area contributed by atoms with Crippen molar-refractivity contribution in [2.24, 2.45) is 5.92 Å². The van der Waals surface area contributed by atoms with Crippen LogP contribution in [0.4, 0.5) is 0 Å². The monoisotopic (exact) mass is 403 g/mol. The van der Waals surface area contributed by atoms with Gasteiger partial charge in [0.05, 0.1) is 5.56 Å². The van der Waals surface area contributed by atoms with Crippen LogP contribution < -0.4 is 0 Å². The number of aryl methyl sites for hydroxylation is 2. The average molecular weight is 404 g/mol. The third-order valence-electron chi connectivity index (χ3n) is 5.33. The first-order valence-corrected chi connectivity index (χ1v) is 10.5. The summed E-state index contributed by atoms with van der Waals surface area (Å²) >= 11 is 0. The zero-order chi connectivity index (χ0) is 21.5. The second-order valence-corrected chi connectivity index (χ2v) is 7.56. The number of carboxylic acids is 1. The molecular formula is C25H29N3O2. The number of pyridine rings is 1. The Balaban J connectivity index is 1.72. The van der Waals surface area contributed by atoms with Gasteiger partial charge in [0.15, 0.2) is 5.65 Å². The summed E-state index contributed by atoms with van der Waals surface area (Å²) in [5, 5.41) is 9.31. The number of rotatable bonds is 10. The topological polar surface area (TPSA) is 68.0 Å². The maximum absolute atomic E-state index is 11.3. The number of carbonyl (C=O) groups is 1. The second kappa shape index (κ2) is 10.0. The van der Waals surface area contributed by atoms with Gasteiger partial charge in [-0.1, -0.05) is 43.4 Å². The Labute approximate surface area is 177 Å². The van der Waals surface area contributed by atoms with Crippen LogP contribution in [-0.4, -0.2) is 25.6 Å². The van der Waals surface area contributed by atoms with E-state index in [-0.39, 0.29) is 5.92 Å². The van der Waals surface area contributed by atoms with Gasteiger partial charge in [-0.2, -0.15) is 0 Å². The molecule has 0 bridgehead atoms. The van der Waals surface area contributed by atoms with Gasteiger partial charge in [-0.25, -0.2) is 14.8 Å². The summed E-state index contributed by atoms with van der Waals surface area (Å²) in [7, 11) is 0. The SMILES string of the molecule is C=CC(CC/C=C/c1ccccc1C(=O)O)Cn1c(CCC)nc2c(C)ccnc21. The van der Waals surface area contributed by atoms with Gasteiger partial charge in [-0.3, -0.25) is 0 Å². The van der Waals surface area contributed by atoms with E-state index in [4.69, 9.17) is 4.98 Å². The number of nitrogens with zero attached hydrogens (tertiary/aromatic N) is 3. The number of aromatic nitrogens is 3. The van der Waals surface area contributed by atoms with E-state index in [1.54, 1.807) is 12.1 Å². The van der Waals surface area contributed by atoms with Crippen LogP contribution in [0.25, 0.3) is 17.2 Å². The van der Waals surface area contributed by atoms with Crippen molar-refractivity contribution in [1.82, 2.24) is 14.5 Å². The predicted molar refractivity (Wildman–Crippen MR) is 122 cm³/mol. The fourth-order valence-corrected chi connectivity index (χ4v) is 3.67. The average Bonchev–Trinajstić information content (AvgIpc) is 3.09. The number of allylic oxidation sites excluding steroid dienone is 2. The van der Waals surface area contributed by atoms with Gasteiger partial charge in [-0.05, 0) is 55.4 Å². The molecule has 30 heavy (non-hydrogen) atoms. The van der Waals surface area contributed by atoms with Gasteiger partial charge in [0.25, 0.3) is 0 Å². The standard InChI is InChI=1S/C25H29N3O2/c1-4-10-22-27-23-18(3)15-16-26-24(23)28(22)17-19(5-2)11-6-7-12-20-13-8-9-14-21(20)25(29)30/h5,7-9,12-16,19H,2,4,6,10-11,17H2,1,3H3,(H,29,30)/b12-7+. The summed E-state index contributed by atoms with van der Waals surface area (Å²) in [6.07, 6.45) is 11.5. The lowest BCUT2D eigenvalue weighted by Gasteiger charge is -2.15. The number of benzene rings is 1. The van der Waals surface area contributed by atoms with Gasteiger partial charge in [0.2, 0.25) is 0 Å². The Bertz CT molecular complexity index is 1070. The van der Waals surface area contributed by atoms with Crippen molar-refractivity contribution in [2.75, 3.05) is 0 Å². The highest BCUT2D eigenvalue weighted by molar-refractivity contribution is 5.92. The van der Waals surface area contributed by atoms with Crippen LogP contribution in [0.15, 0.2) is 55.3 Å². The number of hydrogen-bond donors (Lipinski definition) is 1. The Morgan fingerprint density at radius 1 is 1.30 bits per heavy atom. The number of aromatic carboxylic acids is 1. The van der Waals surface area contributed by atoms with Crippen molar-refractivity contribution in [3.05, 3.63) is 77.8 Å². The maximum Gasteiger partial charge on any atom is 0.336 e. The van der Waals surface area contributed by atoms with Crippen LogP contribution in [0.1, 0.15) is 53.5 Å². The number of imidazole rings is 1. The molecule has 1 unspecified atom stereocenters. The van der Waals surface area contributed by atoms with Crippen LogP contribution >= 0.6 is 0 Å². The molecule has 156 valence electrons. The van der Waals surface area contributed by atoms with Crippen molar-refractivity contribution in [1.29, 1.82) is 0 Å². The zero-order valence-corrected chi connectivity index (χ0v) is 17.7. The number of fused-ring (bicyclic) bond motifs is 1. The molecule has 1 atom stereocenters. The Morgan fingerprint density at radius 3 is 2.83 bits per heavy atom. The predicted octanol–water partition coefficient (Wildman–Crippen LogP) is 5.69. The second-order valence-electron chi connectivity index (χ2n) is 7.56. The summed E-state index contributed by atoms with van der Waals surface area (Å²) in [5.74, 6) is 0.448. The van der Waals surface area contributed by atoms with E-state index < -0.39 is 5.97 Å². The van der Waals surface area contributed by atoms with Crippen LogP contribution in [0.5, 0.6) is 0 Å². The Hall–Kier alpha value is -3.21. The highest BCUT2D eigenvalue weighted by atomic mass is 16.4. The lowest BCUT2D eigenvalue weighted by molar-refractivity contribution is 0.0696. The molecule has 2 heterocycles. The van der Waals surface area contributed by atoms with E-state index in [0.717, 1.165) is 60.3 Å². The highest BCUT2D eigenvalue weighted by Crippen LogP contribution is 2.22. The van der Waals surface area contributed by atoms with Crippen LogP contribution in [-0.2, 0) is 13.0 Å². The molecule has 5 heteroatoms. The summed E-state index contributed by atoms with van der Waals surface area (Å²) < 4.78 is 2.24. The summed E-state index contributed by atoms with van der Waals surface area (Å²) in [5.41, 5.74) is 4.12. The van der Waals surface area contributed by atoms with Crippen molar-refractivity contribution < 1.29 is 9.90 Å². The minimum Gasteiger partial charge on any atom is -0.478 e. The quantitative estimate of drug-likeness (QED) is 0.442. The molecule has 0 amide bonds. The number of hydrogen-bond acceptors (Lipinski definition) is 3. The fourth-order valence-electron chi connectivity index (χ4n) is 3.67. The highest BCUT2D eigenvalue weighted by Gasteiger charge is 2.15. The van der Waals surface area contributed by atoms with Crippen molar-refractivity contribution in [2.45, 2.75) is 46.1 Å². The molecule has 1 aromatic carbocycles. The maximum atomic E-state index is 11.3. The van der Waals surface area contributed by atoms with Gasteiger partial charge in [0.1, 0.15) is 11.3 Å². The van der Waals surface area contributed by atoms with Crippen LogP contribution in [0.3, 0.4) is 0 Å². The van der Waals surface area contributed by atoms with E-state index in [1.807, 2.05) is 42.6 Å². The van der Waals surface area contributed by atoms with Gasteiger partial charge in [-0.15, -0.1) is 6.58 Å². The molecule has 3 aromatic rings. The molecule has 0 aliphatic heterocycles. The third-order valence-corrected chi connectivity index (χ3v) is 5.33. The number of carboxylic acid groups (broad SMARTS) is 1. The van der Waals surface area contributed by atoms with E-state index in [9.17, 15) is 9.90 Å². The van der Waals surface area contributed by atoms with E-state index in [2.05, 4.69) is 30.0 Å². The molecule has 0 saturated carbocycles. The fraction of sp³-hybridized carbons (Fsp3) is 0.320. The molecule has 0 aliphatic carbocycles. The first kappa shape index (κ1) is 21.5. The lowest BCUT2D eigenvalue weighted by Crippen LogP contribution is -2.12. The molecule has 3 rings (SSSR count). The van der Waals surface area contributed by atoms with Crippen molar-refractivity contribution >= 4 is 23.2 Å². The molecule has 0 fully saturated rings. The first-order chi connectivity index (χ1) is 14.5. The van der Waals surface area contributed by atoms with Gasteiger partial charge < -0.3 is 9.67 Å². The van der Waals surface area contributed by atoms with Gasteiger partial charge >= 0.3 is 5.97 Å². The molecule has 1 N–H and O–H groups in total. The van der Waals surface area contributed by atoms with Crippen LogP contribution in [0.2, 0.25) is 0 Å². The molecule has 5 nitrogen and oxygen atoms in total. The molecule has 0 radical (unpaired) electrons. The summed E-state index contributed by atoms with van der Waals surface area (Å²) in [4.78, 5) is 20.8. The molecule has 0 saturated heterocycles. The Kier molecular flexibility index (Phi) is 7.17.